The molecule has 2 saturated heterocycles. The number of carbonyl (C=O) groups is 2. The van der Waals surface area contributed by atoms with Crippen LogP contribution in [0.5, 0.6) is 0 Å². The Balaban J connectivity index is 1.48. The van der Waals surface area contributed by atoms with Gasteiger partial charge in [0.25, 0.3) is 5.91 Å². The van der Waals surface area contributed by atoms with E-state index in [0.717, 1.165) is 19.4 Å². The number of carbonyl (C=O) groups excluding carboxylic acids is 2. The van der Waals surface area contributed by atoms with E-state index in [-0.39, 0.29) is 29.4 Å². The molecule has 0 spiro atoms. The van der Waals surface area contributed by atoms with E-state index >= 15 is 0 Å². The molecule has 1 aromatic carbocycles. The van der Waals surface area contributed by atoms with E-state index in [1.807, 2.05) is 4.90 Å². The van der Waals surface area contributed by atoms with Crippen molar-refractivity contribution in [1.29, 1.82) is 0 Å². The fourth-order valence-electron chi connectivity index (χ4n) is 3.82. The zero-order chi connectivity index (χ0) is 18.8. The van der Waals surface area contributed by atoms with Crippen molar-refractivity contribution in [1.82, 2.24) is 15.1 Å². The van der Waals surface area contributed by atoms with Crippen LogP contribution in [0.1, 0.15) is 23.4 Å². The van der Waals surface area contributed by atoms with Crippen molar-refractivity contribution in [3.05, 3.63) is 48.0 Å². The lowest BCUT2D eigenvalue weighted by Crippen LogP contribution is -2.57. The number of benzene rings is 1. The molecule has 0 bridgehead atoms. The van der Waals surface area contributed by atoms with Crippen LogP contribution in [-0.2, 0) is 4.79 Å². The van der Waals surface area contributed by atoms with E-state index in [1.165, 1.54) is 6.07 Å². The third kappa shape index (κ3) is 3.60. The van der Waals surface area contributed by atoms with E-state index in [1.54, 1.807) is 35.2 Å². The molecule has 0 saturated carbocycles. The third-order valence-electron chi connectivity index (χ3n) is 5.21. The van der Waals surface area contributed by atoms with Gasteiger partial charge < -0.3 is 19.5 Å². The number of hydrogen-bond acceptors (Lipinski definition) is 4. The highest BCUT2D eigenvalue weighted by Gasteiger charge is 2.32. The van der Waals surface area contributed by atoms with Crippen molar-refractivity contribution < 1.29 is 18.4 Å². The van der Waals surface area contributed by atoms with Gasteiger partial charge >= 0.3 is 0 Å². The largest absolute Gasteiger partial charge is 0.451 e. The lowest BCUT2D eigenvalue weighted by atomic mass is 10.0. The maximum atomic E-state index is 13.9. The number of furan rings is 1. The molecule has 27 heavy (non-hydrogen) atoms. The summed E-state index contributed by atoms with van der Waals surface area (Å²) in [6, 6.07) is 9.56. The summed E-state index contributed by atoms with van der Waals surface area (Å²) >= 11 is 0. The highest BCUT2D eigenvalue weighted by atomic mass is 19.1. The summed E-state index contributed by atoms with van der Waals surface area (Å²) in [6.45, 7) is 2.93. The Hall–Kier alpha value is -2.67. The summed E-state index contributed by atoms with van der Waals surface area (Å²) in [5.41, 5.74) is 0.333. The van der Waals surface area contributed by atoms with Crippen molar-refractivity contribution in [3.63, 3.8) is 0 Å². The second-order valence-corrected chi connectivity index (χ2v) is 6.95. The molecule has 142 valence electrons. The Morgan fingerprint density at radius 1 is 1.19 bits per heavy atom. The molecule has 1 unspecified atom stereocenters. The lowest BCUT2D eigenvalue weighted by molar-refractivity contribution is -0.135. The van der Waals surface area contributed by atoms with Crippen molar-refractivity contribution >= 4 is 11.8 Å². The summed E-state index contributed by atoms with van der Waals surface area (Å²) in [6.07, 6.45) is 1.74. The SMILES string of the molecule is O=C(c1ccc(-c2ccccc2F)o1)N1CCCC(N2CCNCC2=O)C1. The van der Waals surface area contributed by atoms with Crippen LogP contribution in [0.2, 0.25) is 0 Å². The normalized spacial score (nSPS) is 20.8. The van der Waals surface area contributed by atoms with Gasteiger partial charge in [0.15, 0.2) is 5.76 Å². The summed E-state index contributed by atoms with van der Waals surface area (Å²) < 4.78 is 19.6. The maximum Gasteiger partial charge on any atom is 0.289 e. The molecule has 0 aliphatic carbocycles. The molecule has 1 aromatic heterocycles. The number of hydrogen-bond donors (Lipinski definition) is 1. The maximum absolute atomic E-state index is 13.9. The average Bonchev–Trinajstić information content (AvgIpc) is 3.18. The van der Waals surface area contributed by atoms with Crippen molar-refractivity contribution in [2.45, 2.75) is 18.9 Å². The Bertz CT molecular complexity index is 851. The van der Waals surface area contributed by atoms with Crippen molar-refractivity contribution in [3.8, 4) is 11.3 Å². The van der Waals surface area contributed by atoms with Crippen LogP contribution in [0, 0.1) is 5.82 Å². The monoisotopic (exact) mass is 371 g/mol. The quantitative estimate of drug-likeness (QED) is 0.898. The number of halogens is 1. The molecule has 2 aromatic rings. The van der Waals surface area contributed by atoms with Crippen molar-refractivity contribution in [2.75, 3.05) is 32.7 Å². The van der Waals surface area contributed by atoms with Gasteiger partial charge in [-0.3, -0.25) is 9.59 Å². The number of amides is 2. The minimum Gasteiger partial charge on any atom is -0.451 e. The summed E-state index contributed by atoms with van der Waals surface area (Å²) in [7, 11) is 0. The second-order valence-electron chi connectivity index (χ2n) is 6.95. The Labute approximate surface area is 156 Å². The van der Waals surface area contributed by atoms with Crippen LogP contribution in [0.15, 0.2) is 40.8 Å². The minimum absolute atomic E-state index is 0.0401. The number of nitrogens with zero attached hydrogens (tertiary/aromatic N) is 2. The van der Waals surface area contributed by atoms with Crippen LogP contribution < -0.4 is 5.32 Å². The highest BCUT2D eigenvalue weighted by molar-refractivity contribution is 5.92. The zero-order valence-electron chi connectivity index (χ0n) is 15.0. The minimum atomic E-state index is -0.388. The van der Waals surface area contributed by atoms with E-state index < -0.39 is 0 Å². The highest BCUT2D eigenvalue weighted by Crippen LogP contribution is 2.26. The topological polar surface area (TPSA) is 65.8 Å². The fourth-order valence-corrected chi connectivity index (χ4v) is 3.82. The first-order chi connectivity index (χ1) is 13.1. The Morgan fingerprint density at radius 2 is 2.04 bits per heavy atom. The van der Waals surface area contributed by atoms with Gasteiger partial charge in [-0.05, 0) is 37.1 Å². The molecule has 2 amide bonds. The molecule has 1 N–H and O–H groups in total. The van der Waals surface area contributed by atoms with E-state index in [2.05, 4.69) is 5.32 Å². The molecule has 3 heterocycles. The molecule has 1 atom stereocenters. The predicted octanol–water partition coefficient (Wildman–Crippen LogP) is 2.12. The lowest BCUT2D eigenvalue weighted by Gasteiger charge is -2.40. The van der Waals surface area contributed by atoms with Gasteiger partial charge in [-0.15, -0.1) is 0 Å². The van der Waals surface area contributed by atoms with Gasteiger partial charge in [-0.2, -0.15) is 0 Å². The summed E-state index contributed by atoms with van der Waals surface area (Å²) in [5.74, 6) is 0.00852. The first-order valence-corrected chi connectivity index (χ1v) is 9.27. The Kier molecular flexibility index (Phi) is 4.94. The van der Waals surface area contributed by atoms with Gasteiger partial charge in [0.2, 0.25) is 5.91 Å². The molecule has 2 aliphatic heterocycles. The van der Waals surface area contributed by atoms with Gasteiger partial charge in [0, 0.05) is 32.2 Å². The molecule has 0 radical (unpaired) electrons. The first kappa shape index (κ1) is 17.7. The first-order valence-electron chi connectivity index (χ1n) is 9.27. The molecule has 2 fully saturated rings. The molecule has 6 nitrogen and oxygen atoms in total. The smallest absolute Gasteiger partial charge is 0.289 e. The fraction of sp³-hybridized carbons (Fsp3) is 0.400. The van der Waals surface area contributed by atoms with Crippen LogP contribution in [0.25, 0.3) is 11.3 Å². The molecular formula is C20H22FN3O3. The summed E-state index contributed by atoms with van der Waals surface area (Å²) in [5, 5.41) is 3.07. The standard InChI is InChI=1S/C20H22FN3O3/c21-16-6-2-1-5-15(16)17-7-8-18(27-17)20(26)23-10-3-4-14(13-23)24-11-9-22-12-19(24)25/h1-2,5-8,14,22H,3-4,9-13H2. The van der Waals surface area contributed by atoms with Gasteiger partial charge in [0.05, 0.1) is 12.1 Å². The third-order valence-corrected chi connectivity index (χ3v) is 5.21. The molecule has 7 heteroatoms. The summed E-state index contributed by atoms with van der Waals surface area (Å²) in [4.78, 5) is 28.6. The van der Waals surface area contributed by atoms with E-state index in [9.17, 15) is 14.0 Å². The number of piperazine rings is 1. The Morgan fingerprint density at radius 3 is 2.85 bits per heavy atom. The second kappa shape index (κ2) is 7.52. The average molecular weight is 371 g/mol. The molecule has 4 rings (SSSR count). The number of likely N-dealkylation sites (tertiary alicyclic amines) is 1. The van der Waals surface area contributed by atoms with Crippen LogP contribution in [-0.4, -0.2) is 60.4 Å². The van der Waals surface area contributed by atoms with E-state index in [0.29, 0.717) is 37.5 Å². The van der Waals surface area contributed by atoms with Crippen LogP contribution in [0.4, 0.5) is 4.39 Å². The zero-order valence-corrected chi connectivity index (χ0v) is 15.0. The van der Waals surface area contributed by atoms with Gasteiger partial charge in [-0.25, -0.2) is 4.39 Å². The predicted molar refractivity (Wildman–Crippen MR) is 97.6 cm³/mol. The van der Waals surface area contributed by atoms with Crippen molar-refractivity contribution in [2.24, 2.45) is 0 Å². The van der Waals surface area contributed by atoms with E-state index in [4.69, 9.17) is 4.42 Å². The number of rotatable bonds is 3. The van der Waals surface area contributed by atoms with Gasteiger partial charge in [0.1, 0.15) is 11.6 Å². The number of piperidine rings is 1. The van der Waals surface area contributed by atoms with Gasteiger partial charge in [-0.1, -0.05) is 12.1 Å². The molecular weight excluding hydrogens is 349 g/mol. The van der Waals surface area contributed by atoms with Crippen LogP contribution >= 0.6 is 0 Å². The number of nitrogens with one attached hydrogen (secondary N) is 1. The van der Waals surface area contributed by atoms with Crippen LogP contribution in [0.3, 0.4) is 0 Å². The molecule has 2 aliphatic rings.